The summed E-state index contributed by atoms with van der Waals surface area (Å²) in [4.78, 5) is 7.05. The molecule has 0 amide bonds. The Morgan fingerprint density at radius 1 is 1.67 bits per heavy atom. The van der Waals surface area contributed by atoms with E-state index in [1.54, 1.807) is 12.4 Å². The quantitative estimate of drug-likeness (QED) is 0.769. The first-order valence-electron chi connectivity index (χ1n) is 4.93. The van der Waals surface area contributed by atoms with Gasteiger partial charge in [-0.3, -0.25) is 0 Å². The van der Waals surface area contributed by atoms with E-state index < -0.39 is 9.84 Å². The molecule has 0 aromatic carbocycles. The van der Waals surface area contributed by atoms with Crippen LogP contribution in [0.15, 0.2) is 12.4 Å². The highest BCUT2D eigenvalue weighted by Crippen LogP contribution is 2.22. The third-order valence-corrected chi connectivity index (χ3v) is 4.64. The van der Waals surface area contributed by atoms with Crippen LogP contribution >= 0.6 is 0 Å². The number of nitrogens with zero attached hydrogens (tertiary/aromatic N) is 1. The molecular formula is C9H15N3O2S. The Bertz CT molecular complexity index is 426. The molecule has 2 N–H and O–H groups in total. The molecule has 2 rings (SSSR count). The van der Waals surface area contributed by atoms with E-state index in [0.717, 1.165) is 5.82 Å². The molecule has 0 radical (unpaired) electrons. The van der Waals surface area contributed by atoms with Gasteiger partial charge >= 0.3 is 0 Å². The molecule has 1 unspecified atom stereocenters. The molecule has 1 aliphatic rings. The maximum absolute atomic E-state index is 11.3. The van der Waals surface area contributed by atoms with Gasteiger partial charge in [0.15, 0.2) is 9.84 Å². The Balaban J connectivity index is 1.95. The monoisotopic (exact) mass is 229 g/mol. The Kier molecular flexibility index (Phi) is 2.56. The minimum Gasteiger partial charge on any atom is -0.348 e. The van der Waals surface area contributed by atoms with Gasteiger partial charge in [-0.1, -0.05) is 0 Å². The molecule has 6 heteroatoms. The van der Waals surface area contributed by atoms with E-state index in [0.29, 0.717) is 13.0 Å². The number of aromatic nitrogens is 2. The Labute approximate surface area is 89.2 Å². The molecule has 0 spiro atoms. The fourth-order valence-corrected chi connectivity index (χ4v) is 3.96. The van der Waals surface area contributed by atoms with Crippen molar-refractivity contribution in [1.82, 2.24) is 15.3 Å². The van der Waals surface area contributed by atoms with Crippen molar-refractivity contribution in [3.05, 3.63) is 18.2 Å². The summed E-state index contributed by atoms with van der Waals surface area (Å²) in [5, 5.41) is 3.24. The second-order valence-electron chi connectivity index (χ2n) is 4.29. The molecule has 1 aliphatic heterocycles. The Hall–Kier alpha value is -0.880. The van der Waals surface area contributed by atoms with Gasteiger partial charge in [0.25, 0.3) is 0 Å². The maximum atomic E-state index is 11.3. The summed E-state index contributed by atoms with van der Waals surface area (Å²) >= 11 is 0. The van der Waals surface area contributed by atoms with Gasteiger partial charge in [-0.15, -0.1) is 0 Å². The van der Waals surface area contributed by atoms with Gasteiger partial charge < -0.3 is 10.3 Å². The van der Waals surface area contributed by atoms with E-state index in [1.165, 1.54) is 0 Å². The minimum absolute atomic E-state index is 0.223. The van der Waals surface area contributed by atoms with E-state index in [-0.39, 0.29) is 17.0 Å². The van der Waals surface area contributed by atoms with Crippen LogP contribution in [-0.4, -0.2) is 35.4 Å². The van der Waals surface area contributed by atoms with Gasteiger partial charge in [-0.2, -0.15) is 0 Å². The molecular weight excluding hydrogens is 214 g/mol. The summed E-state index contributed by atoms with van der Waals surface area (Å²) in [6.07, 6.45) is 4.12. The minimum atomic E-state index is -2.84. The van der Waals surface area contributed by atoms with E-state index in [2.05, 4.69) is 15.3 Å². The largest absolute Gasteiger partial charge is 0.348 e. The third kappa shape index (κ3) is 2.57. The number of imidazole rings is 1. The van der Waals surface area contributed by atoms with Crippen LogP contribution in [0.5, 0.6) is 0 Å². The van der Waals surface area contributed by atoms with Crippen molar-refractivity contribution >= 4 is 9.84 Å². The third-order valence-electron chi connectivity index (χ3n) is 2.74. The predicted molar refractivity (Wildman–Crippen MR) is 57.1 cm³/mol. The van der Waals surface area contributed by atoms with Crippen molar-refractivity contribution in [2.75, 3.05) is 11.5 Å². The normalized spacial score (nSPS) is 29.4. The lowest BCUT2D eigenvalue weighted by molar-refractivity contribution is 0.391. The van der Waals surface area contributed by atoms with Crippen molar-refractivity contribution in [2.45, 2.75) is 25.4 Å². The summed E-state index contributed by atoms with van der Waals surface area (Å²) in [5.41, 5.74) is -0.300. The number of nitrogens with one attached hydrogen (secondary N) is 2. The van der Waals surface area contributed by atoms with Crippen molar-refractivity contribution in [1.29, 1.82) is 0 Å². The highest BCUT2D eigenvalue weighted by atomic mass is 32.2. The fraction of sp³-hybridized carbons (Fsp3) is 0.667. The van der Waals surface area contributed by atoms with Gasteiger partial charge in [0, 0.05) is 17.9 Å². The van der Waals surface area contributed by atoms with Crippen LogP contribution in [0, 0.1) is 0 Å². The average molecular weight is 229 g/mol. The SMILES string of the molecule is CC1(NCc2ncc[nH]2)CCS(=O)(=O)C1. The standard InChI is InChI=1S/C9H15N3O2S/c1-9(2-5-15(13,14)7-9)12-6-8-10-3-4-11-8/h3-4,12H,2,5-7H2,1H3,(H,10,11). The molecule has 0 aliphatic carbocycles. The molecule has 1 atom stereocenters. The number of rotatable bonds is 3. The lowest BCUT2D eigenvalue weighted by Crippen LogP contribution is -2.43. The predicted octanol–water partition coefficient (Wildman–Crippen LogP) is 0.0765. The molecule has 1 fully saturated rings. The fourth-order valence-electron chi connectivity index (χ4n) is 1.84. The number of hydrogen-bond acceptors (Lipinski definition) is 4. The summed E-state index contributed by atoms with van der Waals surface area (Å²) in [5.74, 6) is 1.34. The van der Waals surface area contributed by atoms with Crippen LogP contribution in [0.3, 0.4) is 0 Å². The smallest absolute Gasteiger partial charge is 0.152 e. The average Bonchev–Trinajstić information content (AvgIpc) is 2.71. The summed E-state index contributed by atoms with van der Waals surface area (Å²) in [6, 6.07) is 0. The molecule has 1 saturated heterocycles. The number of H-pyrrole nitrogens is 1. The zero-order chi connectivity index (χ0) is 10.9. The lowest BCUT2D eigenvalue weighted by Gasteiger charge is -2.23. The zero-order valence-electron chi connectivity index (χ0n) is 8.66. The van der Waals surface area contributed by atoms with E-state index in [4.69, 9.17) is 0 Å². The van der Waals surface area contributed by atoms with Crippen LogP contribution in [0.1, 0.15) is 19.2 Å². The van der Waals surface area contributed by atoms with Crippen LogP contribution in [-0.2, 0) is 16.4 Å². The summed E-state index contributed by atoms with van der Waals surface area (Å²) in [6.45, 7) is 2.53. The van der Waals surface area contributed by atoms with E-state index in [9.17, 15) is 8.42 Å². The summed E-state index contributed by atoms with van der Waals surface area (Å²) < 4.78 is 22.7. The van der Waals surface area contributed by atoms with Crippen LogP contribution in [0.4, 0.5) is 0 Å². The molecule has 1 aromatic rings. The number of hydrogen-bond donors (Lipinski definition) is 2. The molecule has 1 aromatic heterocycles. The van der Waals surface area contributed by atoms with Crippen LogP contribution in [0.2, 0.25) is 0 Å². The van der Waals surface area contributed by atoms with E-state index in [1.807, 2.05) is 6.92 Å². The number of aromatic amines is 1. The lowest BCUT2D eigenvalue weighted by atomic mass is 10.0. The van der Waals surface area contributed by atoms with E-state index >= 15 is 0 Å². The van der Waals surface area contributed by atoms with Gasteiger partial charge in [0.1, 0.15) is 5.82 Å². The first-order valence-corrected chi connectivity index (χ1v) is 6.75. The molecule has 5 nitrogen and oxygen atoms in total. The van der Waals surface area contributed by atoms with Crippen LogP contribution < -0.4 is 5.32 Å². The second-order valence-corrected chi connectivity index (χ2v) is 6.48. The van der Waals surface area contributed by atoms with Crippen molar-refractivity contribution in [3.63, 3.8) is 0 Å². The van der Waals surface area contributed by atoms with Crippen LogP contribution in [0.25, 0.3) is 0 Å². The highest BCUT2D eigenvalue weighted by molar-refractivity contribution is 7.91. The van der Waals surface area contributed by atoms with Crippen molar-refractivity contribution in [2.24, 2.45) is 0 Å². The first kappa shape index (κ1) is 10.6. The molecule has 0 bridgehead atoms. The molecule has 15 heavy (non-hydrogen) atoms. The van der Waals surface area contributed by atoms with Gasteiger partial charge in [-0.25, -0.2) is 13.4 Å². The maximum Gasteiger partial charge on any atom is 0.152 e. The highest BCUT2D eigenvalue weighted by Gasteiger charge is 2.37. The van der Waals surface area contributed by atoms with Gasteiger partial charge in [0.2, 0.25) is 0 Å². The zero-order valence-corrected chi connectivity index (χ0v) is 9.47. The van der Waals surface area contributed by atoms with Crippen molar-refractivity contribution in [3.8, 4) is 0 Å². The molecule has 0 saturated carbocycles. The second kappa shape index (κ2) is 3.61. The Morgan fingerprint density at radius 2 is 2.47 bits per heavy atom. The van der Waals surface area contributed by atoms with Gasteiger partial charge in [-0.05, 0) is 13.3 Å². The first-order chi connectivity index (χ1) is 6.99. The molecule has 2 heterocycles. The topological polar surface area (TPSA) is 74.8 Å². The molecule has 84 valence electrons. The Morgan fingerprint density at radius 3 is 3.00 bits per heavy atom. The van der Waals surface area contributed by atoms with Gasteiger partial charge in [0.05, 0.1) is 18.1 Å². The number of sulfone groups is 1. The summed E-state index contributed by atoms with van der Waals surface area (Å²) in [7, 11) is -2.84. The van der Waals surface area contributed by atoms with Crippen molar-refractivity contribution < 1.29 is 8.42 Å².